The largest absolute Gasteiger partial charge is 0.478 e. The van der Waals surface area contributed by atoms with E-state index in [-0.39, 0.29) is 11.5 Å². The van der Waals surface area contributed by atoms with Gasteiger partial charge in [-0.1, -0.05) is 24.3 Å². The number of halogens is 3. The van der Waals surface area contributed by atoms with Crippen LogP contribution >= 0.6 is 0 Å². The summed E-state index contributed by atoms with van der Waals surface area (Å²) in [5.41, 5.74) is 0.938. The van der Waals surface area contributed by atoms with Gasteiger partial charge in [-0.25, -0.2) is 14.8 Å². The van der Waals surface area contributed by atoms with Gasteiger partial charge in [-0.3, -0.25) is 0 Å². The lowest BCUT2D eigenvalue weighted by Crippen LogP contribution is -2.10. The van der Waals surface area contributed by atoms with Crippen molar-refractivity contribution in [2.75, 3.05) is 5.32 Å². The van der Waals surface area contributed by atoms with Gasteiger partial charge in [0.15, 0.2) is 0 Å². The van der Waals surface area contributed by atoms with Crippen LogP contribution in [0.15, 0.2) is 60.8 Å². The molecule has 0 spiro atoms. The van der Waals surface area contributed by atoms with Crippen LogP contribution in [-0.2, 0) is 6.18 Å². The zero-order valence-electron chi connectivity index (χ0n) is 13.2. The molecule has 0 fully saturated rings. The first kappa shape index (κ1) is 17.4. The van der Waals surface area contributed by atoms with Crippen LogP contribution in [0.25, 0.3) is 11.1 Å². The van der Waals surface area contributed by atoms with E-state index < -0.39 is 17.8 Å². The van der Waals surface area contributed by atoms with Crippen LogP contribution in [0.3, 0.4) is 0 Å². The van der Waals surface area contributed by atoms with Gasteiger partial charge in [0, 0.05) is 11.9 Å². The Morgan fingerprint density at radius 1 is 1.00 bits per heavy atom. The maximum Gasteiger partial charge on any atom is 0.433 e. The van der Waals surface area contributed by atoms with E-state index in [4.69, 9.17) is 5.11 Å². The summed E-state index contributed by atoms with van der Waals surface area (Å²) in [5, 5.41) is 11.8. The highest BCUT2D eigenvalue weighted by Gasteiger charge is 2.32. The zero-order valence-corrected chi connectivity index (χ0v) is 13.2. The van der Waals surface area contributed by atoms with Crippen LogP contribution in [0, 0.1) is 0 Å². The molecule has 0 aliphatic carbocycles. The summed E-state index contributed by atoms with van der Waals surface area (Å²) >= 11 is 0. The summed E-state index contributed by atoms with van der Waals surface area (Å²) in [6.07, 6.45) is -3.53. The van der Waals surface area contributed by atoms with Crippen LogP contribution in [-0.4, -0.2) is 21.0 Å². The second kappa shape index (κ2) is 6.83. The topological polar surface area (TPSA) is 75.1 Å². The molecule has 0 atom stereocenters. The quantitative estimate of drug-likeness (QED) is 0.712. The summed E-state index contributed by atoms with van der Waals surface area (Å²) in [7, 11) is 0. The zero-order chi connectivity index (χ0) is 18.7. The number of carboxylic acid groups (broad SMARTS) is 1. The molecule has 3 rings (SSSR count). The fourth-order valence-corrected chi connectivity index (χ4v) is 2.31. The maximum absolute atomic E-state index is 12.7. The van der Waals surface area contributed by atoms with Gasteiger partial charge in [0.1, 0.15) is 5.69 Å². The summed E-state index contributed by atoms with van der Waals surface area (Å²) in [6, 6.07) is 13.9. The number of carboxylic acids is 1. The Labute approximate surface area is 146 Å². The summed E-state index contributed by atoms with van der Waals surface area (Å²) in [5.74, 6) is -1.23. The molecule has 26 heavy (non-hydrogen) atoms. The van der Waals surface area contributed by atoms with Crippen molar-refractivity contribution in [3.63, 3.8) is 0 Å². The number of benzene rings is 2. The number of nitrogens with one attached hydrogen (secondary N) is 1. The Balaban J connectivity index is 1.89. The van der Waals surface area contributed by atoms with E-state index in [2.05, 4.69) is 15.3 Å². The van der Waals surface area contributed by atoms with E-state index in [0.717, 1.165) is 12.3 Å². The van der Waals surface area contributed by atoms with Gasteiger partial charge in [0.25, 0.3) is 0 Å². The number of anilines is 2. The van der Waals surface area contributed by atoms with Gasteiger partial charge in [0.05, 0.1) is 5.56 Å². The molecule has 0 unspecified atom stereocenters. The third-order valence-electron chi connectivity index (χ3n) is 3.51. The molecule has 0 saturated heterocycles. The standard InChI is InChI=1S/C18H12F3N3O2/c19-18(20,21)15-7-8-22-17(24-15)23-14-6-2-4-12(10-14)11-3-1-5-13(9-11)16(25)26/h1-10H,(H,25,26)(H,22,23,24). The van der Waals surface area contributed by atoms with Gasteiger partial charge in [-0.15, -0.1) is 0 Å². The molecule has 0 bridgehead atoms. The van der Waals surface area contributed by atoms with Crippen LogP contribution in [0.4, 0.5) is 24.8 Å². The lowest BCUT2D eigenvalue weighted by atomic mass is 10.0. The normalized spacial score (nSPS) is 11.2. The summed E-state index contributed by atoms with van der Waals surface area (Å²) in [6.45, 7) is 0. The van der Waals surface area contributed by atoms with E-state index in [9.17, 15) is 18.0 Å². The minimum atomic E-state index is -4.56. The van der Waals surface area contributed by atoms with Crippen molar-refractivity contribution in [2.45, 2.75) is 6.18 Å². The second-order valence-electron chi connectivity index (χ2n) is 5.36. The molecule has 1 aromatic heterocycles. The van der Waals surface area contributed by atoms with Crippen LogP contribution in [0.1, 0.15) is 16.1 Å². The van der Waals surface area contributed by atoms with Gasteiger partial charge in [-0.2, -0.15) is 13.2 Å². The third-order valence-corrected chi connectivity index (χ3v) is 3.51. The number of hydrogen-bond acceptors (Lipinski definition) is 4. The molecule has 132 valence electrons. The lowest BCUT2D eigenvalue weighted by Gasteiger charge is -2.10. The van der Waals surface area contributed by atoms with Crippen molar-refractivity contribution in [1.82, 2.24) is 9.97 Å². The Morgan fingerprint density at radius 3 is 2.38 bits per heavy atom. The van der Waals surface area contributed by atoms with E-state index in [0.29, 0.717) is 16.8 Å². The Kier molecular flexibility index (Phi) is 4.57. The molecular formula is C18H12F3N3O2. The van der Waals surface area contributed by atoms with Crippen LogP contribution in [0.2, 0.25) is 0 Å². The van der Waals surface area contributed by atoms with E-state index in [1.165, 1.54) is 12.1 Å². The smallest absolute Gasteiger partial charge is 0.433 e. The molecule has 8 heteroatoms. The average Bonchev–Trinajstić information content (AvgIpc) is 2.61. The molecule has 2 N–H and O–H groups in total. The van der Waals surface area contributed by atoms with Crippen LogP contribution in [0.5, 0.6) is 0 Å². The molecule has 1 heterocycles. The molecular weight excluding hydrogens is 347 g/mol. The highest BCUT2D eigenvalue weighted by molar-refractivity contribution is 5.89. The molecule has 0 aliphatic heterocycles. The van der Waals surface area contributed by atoms with Gasteiger partial charge >= 0.3 is 12.1 Å². The molecule has 2 aromatic carbocycles. The molecule has 0 amide bonds. The molecule has 0 aliphatic rings. The van der Waals surface area contributed by atoms with Crippen LogP contribution < -0.4 is 5.32 Å². The van der Waals surface area contributed by atoms with E-state index >= 15 is 0 Å². The molecule has 3 aromatic rings. The van der Waals surface area contributed by atoms with E-state index in [1.807, 2.05) is 0 Å². The molecule has 0 saturated carbocycles. The van der Waals surface area contributed by atoms with Crippen molar-refractivity contribution in [2.24, 2.45) is 0 Å². The fourth-order valence-electron chi connectivity index (χ4n) is 2.31. The van der Waals surface area contributed by atoms with E-state index in [1.54, 1.807) is 36.4 Å². The number of carbonyl (C=O) groups is 1. The minimum Gasteiger partial charge on any atom is -0.478 e. The van der Waals surface area contributed by atoms with Gasteiger partial charge < -0.3 is 10.4 Å². The number of alkyl halides is 3. The monoisotopic (exact) mass is 359 g/mol. The highest BCUT2D eigenvalue weighted by atomic mass is 19.4. The van der Waals surface area contributed by atoms with Crippen molar-refractivity contribution < 1.29 is 23.1 Å². The summed E-state index contributed by atoms with van der Waals surface area (Å²) in [4.78, 5) is 18.3. The number of hydrogen-bond donors (Lipinski definition) is 2. The SMILES string of the molecule is O=C(O)c1cccc(-c2cccc(Nc3nccc(C(F)(F)F)n3)c2)c1. The first-order valence-electron chi connectivity index (χ1n) is 7.44. The Morgan fingerprint density at radius 2 is 1.69 bits per heavy atom. The van der Waals surface area contributed by atoms with Crippen molar-refractivity contribution in [1.29, 1.82) is 0 Å². The maximum atomic E-state index is 12.7. The van der Waals surface area contributed by atoms with Crippen molar-refractivity contribution in [3.8, 4) is 11.1 Å². The molecule has 5 nitrogen and oxygen atoms in total. The van der Waals surface area contributed by atoms with Crippen molar-refractivity contribution >= 4 is 17.6 Å². The number of aromatic carboxylic acids is 1. The first-order valence-corrected chi connectivity index (χ1v) is 7.44. The number of rotatable bonds is 4. The second-order valence-corrected chi connectivity index (χ2v) is 5.36. The average molecular weight is 359 g/mol. The van der Waals surface area contributed by atoms with Gasteiger partial charge in [0.2, 0.25) is 5.95 Å². The predicted molar refractivity (Wildman–Crippen MR) is 89.2 cm³/mol. The van der Waals surface area contributed by atoms with Crippen molar-refractivity contribution in [3.05, 3.63) is 72.1 Å². The Hall–Kier alpha value is -3.42. The third kappa shape index (κ3) is 3.97. The minimum absolute atomic E-state index is 0.141. The Bertz CT molecular complexity index is 958. The molecule has 0 radical (unpaired) electrons. The lowest BCUT2D eigenvalue weighted by molar-refractivity contribution is -0.141. The number of nitrogens with zero attached hydrogens (tertiary/aromatic N) is 2. The first-order chi connectivity index (χ1) is 12.3. The fraction of sp³-hybridized carbons (Fsp3) is 0.0556. The summed E-state index contributed by atoms with van der Waals surface area (Å²) < 4.78 is 38.2. The highest BCUT2D eigenvalue weighted by Crippen LogP contribution is 2.29. The number of aromatic nitrogens is 2. The predicted octanol–water partition coefficient (Wildman–Crippen LogP) is 4.60. The van der Waals surface area contributed by atoms with Gasteiger partial charge in [-0.05, 0) is 41.5 Å².